The number of thioether (sulfide) groups is 1. The van der Waals surface area contributed by atoms with Crippen LogP contribution in [-0.4, -0.2) is 26.3 Å². The van der Waals surface area contributed by atoms with Crippen molar-refractivity contribution in [3.8, 4) is 0 Å². The van der Waals surface area contributed by atoms with Crippen molar-refractivity contribution < 1.29 is 18.0 Å². The molecule has 0 bridgehead atoms. The van der Waals surface area contributed by atoms with Gasteiger partial charge in [0.05, 0.1) is 5.25 Å². The molecule has 2 N–H and O–H groups in total. The summed E-state index contributed by atoms with van der Waals surface area (Å²) in [5.41, 5.74) is 1.06. The molecule has 1 aromatic carbocycles. The van der Waals surface area contributed by atoms with Crippen molar-refractivity contribution in [3.05, 3.63) is 41.7 Å². The number of carbonyl (C=O) groups excluding carboxylic acids is 1. The zero-order valence-electron chi connectivity index (χ0n) is 11.5. The number of aromatic amines is 1. The zero-order chi connectivity index (χ0) is 16.2. The van der Waals surface area contributed by atoms with E-state index in [9.17, 15) is 18.0 Å². The van der Waals surface area contributed by atoms with Crippen molar-refractivity contribution >= 4 is 23.6 Å². The molecule has 1 atom stereocenters. The Morgan fingerprint density at radius 1 is 1.36 bits per heavy atom. The summed E-state index contributed by atoms with van der Waals surface area (Å²) < 4.78 is 37.1. The van der Waals surface area contributed by atoms with Crippen molar-refractivity contribution in [1.82, 2.24) is 15.2 Å². The highest BCUT2D eigenvalue weighted by atomic mass is 32.2. The number of amides is 1. The minimum atomic E-state index is -4.62. The highest BCUT2D eigenvalue weighted by Crippen LogP contribution is 2.26. The Bertz CT molecular complexity index is 630. The molecule has 9 heteroatoms. The van der Waals surface area contributed by atoms with E-state index in [1.807, 2.05) is 30.3 Å². The van der Waals surface area contributed by atoms with Gasteiger partial charge in [0, 0.05) is 5.75 Å². The first-order valence-corrected chi connectivity index (χ1v) is 7.37. The van der Waals surface area contributed by atoms with Crippen LogP contribution in [0.25, 0.3) is 0 Å². The third kappa shape index (κ3) is 4.48. The monoisotopic (exact) mass is 330 g/mol. The van der Waals surface area contributed by atoms with Crippen LogP contribution in [0.4, 0.5) is 19.1 Å². The predicted octanol–water partition coefficient (Wildman–Crippen LogP) is 3.08. The number of nitrogens with zero attached hydrogens (tertiary/aromatic N) is 2. The minimum Gasteiger partial charge on any atom is -0.292 e. The van der Waals surface area contributed by atoms with Gasteiger partial charge in [-0.1, -0.05) is 30.3 Å². The van der Waals surface area contributed by atoms with Gasteiger partial charge < -0.3 is 0 Å². The van der Waals surface area contributed by atoms with Crippen LogP contribution < -0.4 is 5.32 Å². The number of rotatable bonds is 5. The van der Waals surface area contributed by atoms with Gasteiger partial charge in [0.15, 0.2) is 0 Å². The van der Waals surface area contributed by atoms with Gasteiger partial charge in [-0.05, 0) is 12.5 Å². The maximum Gasteiger partial charge on any atom is 0.451 e. The second-order valence-corrected chi connectivity index (χ2v) is 5.76. The quantitative estimate of drug-likeness (QED) is 0.884. The fourth-order valence-corrected chi connectivity index (χ4v) is 2.37. The summed E-state index contributed by atoms with van der Waals surface area (Å²) >= 11 is 1.37. The SMILES string of the molecule is CC(SCc1ccccc1)C(=O)Nc1n[nH]c(C(F)(F)F)n1. The molecule has 0 saturated carbocycles. The van der Waals surface area contributed by atoms with E-state index < -0.39 is 23.2 Å². The molecule has 0 aliphatic carbocycles. The summed E-state index contributed by atoms with van der Waals surface area (Å²) in [5.74, 6) is -1.46. The van der Waals surface area contributed by atoms with Gasteiger partial charge in [0.2, 0.25) is 17.7 Å². The molecule has 5 nitrogen and oxygen atoms in total. The molecule has 0 aliphatic heterocycles. The van der Waals surface area contributed by atoms with Crippen molar-refractivity contribution in [2.75, 3.05) is 5.32 Å². The predicted molar refractivity (Wildman–Crippen MR) is 77.2 cm³/mol. The molecule has 1 unspecified atom stereocenters. The number of anilines is 1. The summed E-state index contributed by atoms with van der Waals surface area (Å²) in [4.78, 5) is 15.1. The van der Waals surface area contributed by atoms with Gasteiger partial charge >= 0.3 is 6.18 Å². The van der Waals surface area contributed by atoms with Gasteiger partial charge in [-0.25, -0.2) is 0 Å². The standard InChI is InChI=1S/C13H13F3N4OS/c1-8(22-7-9-5-3-2-4-6-9)10(21)17-12-18-11(19-20-12)13(14,15)16/h2-6,8H,7H2,1H3,(H2,17,18,19,20,21). The second kappa shape index (κ2) is 6.82. The lowest BCUT2D eigenvalue weighted by Gasteiger charge is -2.10. The Hall–Kier alpha value is -2.03. The summed E-state index contributed by atoms with van der Waals surface area (Å²) in [6.45, 7) is 1.67. The Kier molecular flexibility index (Phi) is 5.07. The van der Waals surface area contributed by atoms with Crippen molar-refractivity contribution in [2.45, 2.75) is 24.1 Å². The van der Waals surface area contributed by atoms with E-state index in [0.29, 0.717) is 5.75 Å². The molecule has 0 saturated heterocycles. The number of halogens is 3. The second-order valence-electron chi connectivity index (χ2n) is 4.43. The van der Waals surface area contributed by atoms with E-state index in [4.69, 9.17) is 0 Å². The lowest BCUT2D eigenvalue weighted by Crippen LogP contribution is -2.23. The molecule has 22 heavy (non-hydrogen) atoms. The number of hydrogen-bond acceptors (Lipinski definition) is 4. The Labute approximate surface area is 128 Å². The lowest BCUT2D eigenvalue weighted by atomic mass is 10.2. The molecule has 0 aliphatic rings. The molecule has 0 fully saturated rings. The molecule has 0 spiro atoms. The number of H-pyrrole nitrogens is 1. The van der Waals surface area contributed by atoms with Crippen LogP contribution in [0.2, 0.25) is 0 Å². The molecule has 118 valence electrons. The number of nitrogens with one attached hydrogen (secondary N) is 2. The molecular formula is C13H13F3N4OS. The highest BCUT2D eigenvalue weighted by Gasteiger charge is 2.35. The molecule has 2 aromatic rings. The largest absolute Gasteiger partial charge is 0.451 e. The average Bonchev–Trinajstić information content (AvgIpc) is 2.94. The third-order valence-electron chi connectivity index (χ3n) is 2.70. The first-order valence-electron chi connectivity index (χ1n) is 6.32. The minimum absolute atomic E-state index is 0.385. The van der Waals surface area contributed by atoms with Crippen LogP contribution in [0, 0.1) is 0 Å². The molecule has 2 rings (SSSR count). The maximum atomic E-state index is 12.4. The van der Waals surface area contributed by atoms with Crippen LogP contribution in [0.1, 0.15) is 18.3 Å². The van der Waals surface area contributed by atoms with E-state index in [-0.39, 0.29) is 5.95 Å². The topological polar surface area (TPSA) is 70.7 Å². The highest BCUT2D eigenvalue weighted by molar-refractivity contribution is 7.99. The van der Waals surface area contributed by atoms with Crippen LogP contribution in [0.15, 0.2) is 30.3 Å². The maximum absolute atomic E-state index is 12.4. The average molecular weight is 330 g/mol. The lowest BCUT2D eigenvalue weighted by molar-refractivity contribution is -0.144. The third-order valence-corrected chi connectivity index (χ3v) is 3.92. The van der Waals surface area contributed by atoms with Crippen molar-refractivity contribution in [1.29, 1.82) is 0 Å². The van der Waals surface area contributed by atoms with E-state index in [0.717, 1.165) is 5.56 Å². The molecule has 0 radical (unpaired) electrons. The first-order chi connectivity index (χ1) is 10.4. The van der Waals surface area contributed by atoms with E-state index in [2.05, 4.69) is 15.4 Å². The Balaban J connectivity index is 1.87. The van der Waals surface area contributed by atoms with Gasteiger partial charge in [0.25, 0.3) is 0 Å². The van der Waals surface area contributed by atoms with Gasteiger partial charge in [-0.2, -0.15) is 18.2 Å². The smallest absolute Gasteiger partial charge is 0.292 e. The van der Waals surface area contributed by atoms with E-state index >= 15 is 0 Å². The van der Waals surface area contributed by atoms with Crippen LogP contribution in [0.3, 0.4) is 0 Å². The number of carbonyl (C=O) groups is 1. The fraction of sp³-hybridized carbons (Fsp3) is 0.308. The molecule has 1 amide bonds. The number of alkyl halides is 3. The number of benzene rings is 1. The Morgan fingerprint density at radius 2 is 2.05 bits per heavy atom. The van der Waals surface area contributed by atoms with E-state index in [1.54, 1.807) is 12.0 Å². The normalized spacial score (nSPS) is 12.9. The van der Waals surface area contributed by atoms with Crippen LogP contribution in [0.5, 0.6) is 0 Å². The number of aromatic nitrogens is 3. The summed E-state index contributed by atoms with van der Waals surface area (Å²) in [6.07, 6.45) is -4.62. The Morgan fingerprint density at radius 3 is 2.64 bits per heavy atom. The van der Waals surface area contributed by atoms with Crippen LogP contribution in [-0.2, 0) is 16.7 Å². The zero-order valence-corrected chi connectivity index (χ0v) is 12.3. The van der Waals surface area contributed by atoms with Crippen molar-refractivity contribution in [3.63, 3.8) is 0 Å². The van der Waals surface area contributed by atoms with Crippen LogP contribution >= 0.6 is 11.8 Å². The van der Waals surface area contributed by atoms with Gasteiger partial charge in [0.1, 0.15) is 0 Å². The number of hydrogen-bond donors (Lipinski definition) is 2. The molecule has 1 aromatic heterocycles. The van der Waals surface area contributed by atoms with Gasteiger partial charge in [-0.3, -0.25) is 15.2 Å². The molecule has 1 heterocycles. The fourth-order valence-electron chi connectivity index (χ4n) is 1.53. The van der Waals surface area contributed by atoms with E-state index in [1.165, 1.54) is 11.8 Å². The van der Waals surface area contributed by atoms with Crippen molar-refractivity contribution in [2.24, 2.45) is 0 Å². The van der Waals surface area contributed by atoms with Gasteiger partial charge in [-0.15, -0.1) is 16.9 Å². The molecular weight excluding hydrogens is 317 g/mol. The first kappa shape index (κ1) is 16.3. The summed E-state index contributed by atoms with van der Waals surface area (Å²) in [6, 6.07) is 9.55. The summed E-state index contributed by atoms with van der Waals surface area (Å²) in [5, 5.41) is 6.87. The summed E-state index contributed by atoms with van der Waals surface area (Å²) in [7, 11) is 0.